The van der Waals surface area contributed by atoms with Gasteiger partial charge in [0.1, 0.15) is 6.04 Å². The van der Waals surface area contributed by atoms with Gasteiger partial charge in [0.15, 0.2) is 0 Å². The van der Waals surface area contributed by atoms with Crippen molar-refractivity contribution in [3.8, 4) is 0 Å². The van der Waals surface area contributed by atoms with Crippen molar-refractivity contribution in [3.05, 3.63) is 29.3 Å². The summed E-state index contributed by atoms with van der Waals surface area (Å²) in [5, 5.41) is 3.25. The van der Waals surface area contributed by atoms with Crippen LogP contribution in [0.1, 0.15) is 31.0 Å². The average Bonchev–Trinajstić information content (AvgIpc) is 2.52. The molecule has 0 bridgehead atoms. The molecule has 86 valence electrons. The Morgan fingerprint density at radius 1 is 1.38 bits per heavy atom. The van der Waals surface area contributed by atoms with E-state index in [0.717, 1.165) is 24.3 Å². The van der Waals surface area contributed by atoms with E-state index in [4.69, 9.17) is 0 Å². The summed E-state index contributed by atoms with van der Waals surface area (Å²) in [6.07, 6.45) is 0. The molecule has 1 aromatic rings. The number of rotatable bonds is 3. The van der Waals surface area contributed by atoms with Gasteiger partial charge >= 0.3 is 0 Å². The summed E-state index contributed by atoms with van der Waals surface area (Å²) in [4.78, 5) is 14.0. The number of likely N-dealkylation sites (N-methyl/N-ethyl adjacent to an activating group) is 2. The molecule has 1 atom stereocenters. The first kappa shape index (κ1) is 11.1. The molecule has 0 aromatic heterocycles. The van der Waals surface area contributed by atoms with Gasteiger partial charge in [0.25, 0.3) is 0 Å². The molecule has 0 aliphatic carbocycles. The van der Waals surface area contributed by atoms with E-state index in [0.29, 0.717) is 0 Å². The Kier molecular flexibility index (Phi) is 2.97. The van der Waals surface area contributed by atoms with Crippen LogP contribution in [0.2, 0.25) is 0 Å². The molecule has 1 aromatic carbocycles. The molecule has 0 spiro atoms. The minimum Gasteiger partial charge on any atom is -0.311 e. The maximum atomic E-state index is 12.2. The molecule has 1 heterocycles. The lowest BCUT2D eigenvalue weighted by molar-refractivity contribution is -0.119. The van der Waals surface area contributed by atoms with Crippen molar-refractivity contribution in [2.45, 2.75) is 26.8 Å². The van der Waals surface area contributed by atoms with E-state index in [-0.39, 0.29) is 11.9 Å². The number of carbonyl (C=O) groups is 1. The van der Waals surface area contributed by atoms with Crippen molar-refractivity contribution in [1.82, 2.24) is 5.32 Å². The van der Waals surface area contributed by atoms with Gasteiger partial charge in [0, 0.05) is 17.8 Å². The first-order valence-corrected chi connectivity index (χ1v) is 5.84. The number of nitrogens with zero attached hydrogens (tertiary/aromatic N) is 1. The Hall–Kier alpha value is -1.35. The lowest BCUT2D eigenvalue weighted by Gasteiger charge is -2.15. The van der Waals surface area contributed by atoms with Crippen LogP contribution in [-0.2, 0) is 4.79 Å². The average molecular weight is 218 g/mol. The van der Waals surface area contributed by atoms with Crippen molar-refractivity contribution in [2.75, 3.05) is 18.0 Å². The minimum atomic E-state index is -0.153. The van der Waals surface area contributed by atoms with E-state index >= 15 is 0 Å². The number of amides is 1. The number of anilines is 1. The predicted octanol–water partition coefficient (Wildman–Crippen LogP) is 2.01. The molecular formula is C13H18N2O. The van der Waals surface area contributed by atoms with E-state index in [1.54, 1.807) is 0 Å². The smallest absolute Gasteiger partial charge is 0.248 e. The summed E-state index contributed by atoms with van der Waals surface area (Å²) in [5.41, 5.74) is 3.38. The highest BCUT2D eigenvalue weighted by molar-refractivity contribution is 6.04. The van der Waals surface area contributed by atoms with Gasteiger partial charge in [-0.05, 0) is 26.5 Å². The summed E-state index contributed by atoms with van der Waals surface area (Å²) in [6.45, 7) is 7.63. The third-order valence-electron chi connectivity index (χ3n) is 3.02. The normalized spacial score (nSPS) is 19.1. The predicted molar refractivity (Wildman–Crippen MR) is 65.6 cm³/mol. The maximum absolute atomic E-state index is 12.2. The highest BCUT2D eigenvalue weighted by atomic mass is 16.2. The van der Waals surface area contributed by atoms with Crippen molar-refractivity contribution < 1.29 is 4.79 Å². The van der Waals surface area contributed by atoms with Gasteiger partial charge in [-0.1, -0.05) is 24.6 Å². The molecule has 2 rings (SSSR count). The van der Waals surface area contributed by atoms with Crippen LogP contribution in [-0.4, -0.2) is 19.0 Å². The van der Waals surface area contributed by atoms with Crippen LogP contribution in [0.5, 0.6) is 0 Å². The molecule has 0 radical (unpaired) electrons. The van der Waals surface area contributed by atoms with E-state index < -0.39 is 0 Å². The molecule has 1 aliphatic heterocycles. The number of aryl methyl sites for hydroxylation is 1. The number of hydrogen-bond donors (Lipinski definition) is 1. The quantitative estimate of drug-likeness (QED) is 0.841. The molecule has 0 fully saturated rings. The fourth-order valence-electron chi connectivity index (χ4n) is 2.29. The van der Waals surface area contributed by atoms with Gasteiger partial charge in [-0.25, -0.2) is 0 Å². The van der Waals surface area contributed by atoms with Crippen LogP contribution in [0.15, 0.2) is 18.2 Å². The SMILES string of the molecule is CCNC1C(=O)N(CC)c2ccc(C)cc21. The number of nitrogens with one attached hydrogen (secondary N) is 1. The van der Waals surface area contributed by atoms with Crippen molar-refractivity contribution in [3.63, 3.8) is 0 Å². The van der Waals surface area contributed by atoms with Crippen LogP contribution in [0.3, 0.4) is 0 Å². The second-order valence-electron chi connectivity index (χ2n) is 4.14. The van der Waals surface area contributed by atoms with Crippen molar-refractivity contribution in [1.29, 1.82) is 0 Å². The number of hydrogen-bond acceptors (Lipinski definition) is 2. The fraction of sp³-hybridized carbons (Fsp3) is 0.462. The van der Waals surface area contributed by atoms with Crippen LogP contribution in [0, 0.1) is 6.92 Å². The molecule has 1 N–H and O–H groups in total. The first-order valence-electron chi connectivity index (χ1n) is 5.84. The van der Waals surface area contributed by atoms with Gasteiger partial charge < -0.3 is 10.2 Å². The molecule has 1 amide bonds. The van der Waals surface area contributed by atoms with Gasteiger partial charge in [0.2, 0.25) is 5.91 Å². The minimum absolute atomic E-state index is 0.153. The van der Waals surface area contributed by atoms with Crippen LogP contribution in [0.25, 0.3) is 0 Å². The Labute approximate surface area is 96.5 Å². The van der Waals surface area contributed by atoms with Crippen molar-refractivity contribution >= 4 is 11.6 Å². The Morgan fingerprint density at radius 3 is 2.75 bits per heavy atom. The van der Waals surface area contributed by atoms with Crippen LogP contribution >= 0.6 is 0 Å². The lowest BCUT2D eigenvalue weighted by Crippen LogP contribution is -2.34. The van der Waals surface area contributed by atoms with Crippen LogP contribution < -0.4 is 10.2 Å². The molecule has 16 heavy (non-hydrogen) atoms. The standard InChI is InChI=1S/C13H18N2O/c1-4-14-12-10-8-9(3)6-7-11(10)15(5-2)13(12)16/h6-8,12,14H,4-5H2,1-3H3. The summed E-state index contributed by atoms with van der Waals surface area (Å²) in [7, 11) is 0. The molecule has 3 heteroatoms. The van der Waals surface area contributed by atoms with E-state index in [9.17, 15) is 4.79 Å². The third kappa shape index (κ3) is 1.61. The first-order chi connectivity index (χ1) is 7.69. The third-order valence-corrected chi connectivity index (χ3v) is 3.02. The summed E-state index contributed by atoms with van der Waals surface area (Å²) in [6, 6.07) is 6.06. The monoisotopic (exact) mass is 218 g/mol. The Balaban J connectivity index is 2.46. The number of benzene rings is 1. The van der Waals surface area contributed by atoms with E-state index in [2.05, 4.69) is 24.4 Å². The number of carbonyl (C=O) groups excluding carboxylic acids is 1. The molecule has 0 saturated carbocycles. The highest BCUT2D eigenvalue weighted by Gasteiger charge is 2.35. The van der Waals surface area contributed by atoms with E-state index in [1.807, 2.05) is 24.8 Å². The molecular weight excluding hydrogens is 200 g/mol. The van der Waals surface area contributed by atoms with Crippen molar-refractivity contribution in [2.24, 2.45) is 0 Å². The summed E-state index contributed by atoms with van der Waals surface area (Å²) < 4.78 is 0. The van der Waals surface area contributed by atoms with E-state index in [1.165, 1.54) is 5.56 Å². The van der Waals surface area contributed by atoms with Gasteiger partial charge in [-0.15, -0.1) is 0 Å². The Morgan fingerprint density at radius 2 is 2.12 bits per heavy atom. The molecule has 1 unspecified atom stereocenters. The zero-order chi connectivity index (χ0) is 11.7. The number of fused-ring (bicyclic) bond motifs is 1. The zero-order valence-corrected chi connectivity index (χ0v) is 10.1. The van der Waals surface area contributed by atoms with Crippen LogP contribution in [0.4, 0.5) is 5.69 Å². The second kappa shape index (κ2) is 4.26. The van der Waals surface area contributed by atoms with Gasteiger partial charge in [0.05, 0.1) is 0 Å². The Bertz CT molecular complexity index is 414. The maximum Gasteiger partial charge on any atom is 0.248 e. The topological polar surface area (TPSA) is 32.3 Å². The largest absolute Gasteiger partial charge is 0.311 e. The summed E-state index contributed by atoms with van der Waals surface area (Å²) >= 11 is 0. The fourth-order valence-corrected chi connectivity index (χ4v) is 2.29. The summed E-state index contributed by atoms with van der Waals surface area (Å²) in [5.74, 6) is 0.171. The lowest BCUT2D eigenvalue weighted by atomic mass is 10.1. The zero-order valence-electron chi connectivity index (χ0n) is 10.1. The van der Waals surface area contributed by atoms with Gasteiger partial charge in [-0.3, -0.25) is 4.79 Å². The molecule has 1 aliphatic rings. The molecule has 0 saturated heterocycles. The highest BCUT2D eigenvalue weighted by Crippen LogP contribution is 2.36. The molecule has 3 nitrogen and oxygen atoms in total. The van der Waals surface area contributed by atoms with Gasteiger partial charge in [-0.2, -0.15) is 0 Å². The second-order valence-corrected chi connectivity index (χ2v) is 4.14.